The molecule has 3 nitrogen and oxygen atoms in total. The van der Waals surface area contributed by atoms with E-state index in [1.54, 1.807) is 7.11 Å². The Bertz CT molecular complexity index is 470. The maximum Gasteiger partial charge on any atom is 0.119 e. The van der Waals surface area contributed by atoms with Crippen LogP contribution in [0, 0.1) is 5.41 Å². The third-order valence-corrected chi connectivity index (χ3v) is 4.95. The van der Waals surface area contributed by atoms with Crippen molar-refractivity contribution in [1.29, 1.82) is 0 Å². The summed E-state index contributed by atoms with van der Waals surface area (Å²) in [5.74, 6) is 0.925. The van der Waals surface area contributed by atoms with Crippen LogP contribution in [0.4, 0.5) is 0 Å². The van der Waals surface area contributed by atoms with Gasteiger partial charge in [0, 0.05) is 23.6 Å². The normalized spacial score (nSPS) is 21.1. The molecule has 1 heterocycles. The Morgan fingerprint density at radius 3 is 2.81 bits per heavy atom. The predicted octanol–water partition coefficient (Wildman–Crippen LogP) is 3.67. The Balaban J connectivity index is 2.10. The molecule has 0 amide bonds. The van der Waals surface area contributed by atoms with Crippen molar-refractivity contribution in [2.75, 3.05) is 26.7 Å². The van der Waals surface area contributed by atoms with Crippen molar-refractivity contribution >= 4 is 15.9 Å². The lowest BCUT2D eigenvalue weighted by Gasteiger charge is -2.33. The number of hydrogen-bond acceptors (Lipinski definition) is 3. The van der Waals surface area contributed by atoms with Crippen LogP contribution in [0.15, 0.2) is 22.7 Å². The highest BCUT2D eigenvalue weighted by Crippen LogP contribution is 2.26. The standard InChI is InChI=1S/C17H27BrN2O/c1-17(2,3)16-12-20(9-5-8-19-16)11-13-10-14(21-4)6-7-15(13)18/h6-7,10,16,19H,5,8-9,11-12H2,1-4H3. The van der Waals surface area contributed by atoms with Crippen molar-refractivity contribution < 1.29 is 4.74 Å². The smallest absolute Gasteiger partial charge is 0.119 e. The monoisotopic (exact) mass is 354 g/mol. The van der Waals surface area contributed by atoms with Crippen molar-refractivity contribution in [1.82, 2.24) is 10.2 Å². The molecule has 0 aliphatic carbocycles. The van der Waals surface area contributed by atoms with E-state index >= 15 is 0 Å². The second kappa shape index (κ2) is 7.12. The van der Waals surface area contributed by atoms with Gasteiger partial charge in [0.2, 0.25) is 0 Å². The average molecular weight is 355 g/mol. The number of ether oxygens (including phenoxy) is 1. The van der Waals surface area contributed by atoms with Gasteiger partial charge in [-0.05, 0) is 48.7 Å². The van der Waals surface area contributed by atoms with Gasteiger partial charge in [-0.25, -0.2) is 0 Å². The van der Waals surface area contributed by atoms with Crippen molar-refractivity contribution in [3.8, 4) is 5.75 Å². The SMILES string of the molecule is COc1ccc(Br)c(CN2CCCNC(C(C)(C)C)C2)c1. The fourth-order valence-corrected chi connectivity index (χ4v) is 3.13. The zero-order valence-electron chi connectivity index (χ0n) is 13.6. The molecule has 1 saturated heterocycles. The summed E-state index contributed by atoms with van der Waals surface area (Å²) in [6.07, 6.45) is 1.20. The van der Waals surface area contributed by atoms with E-state index < -0.39 is 0 Å². The van der Waals surface area contributed by atoms with E-state index in [9.17, 15) is 0 Å². The highest BCUT2D eigenvalue weighted by molar-refractivity contribution is 9.10. The Morgan fingerprint density at radius 2 is 2.14 bits per heavy atom. The minimum atomic E-state index is 0.286. The second-order valence-corrected chi connectivity index (χ2v) is 7.77. The Labute approximate surface area is 137 Å². The van der Waals surface area contributed by atoms with Crippen molar-refractivity contribution in [3.63, 3.8) is 0 Å². The van der Waals surface area contributed by atoms with Crippen LogP contribution in [0.2, 0.25) is 0 Å². The molecule has 1 N–H and O–H groups in total. The molecule has 0 spiro atoms. The lowest BCUT2D eigenvalue weighted by molar-refractivity contribution is 0.192. The second-order valence-electron chi connectivity index (χ2n) is 6.92. The van der Waals surface area contributed by atoms with Gasteiger partial charge < -0.3 is 10.1 Å². The Morgan fingerprint density at radius 1 is 1.38 bits per heavy atom. The van der Waals surface area contributed by atoms with E-state index in [-0.39, 0.29) is 5.41 Å². The quantitative estimate of drug-likeness (QED) is 0.896. The molecular weight excluding hydrogens is 328 g/mol. The predicted molar refractivity (Wildman–Crippen MR) is 91.8 cm³/mol. The number of nitrogens with zero attached hydrogens (tertiary/aromatic N) is 1. The summed E-state index contributed by atoms with van der Waals surface area (Å²) in [5.41, 5.74) is 1.58. The molecule has 1 aromatic carbocycles. The number of benzene rings is 1. The van der Waals surface area contributed by atoms with Crippen LogP contribution in [0.3, 0.4) is 0 Å². The third kappa shape index (κ3) is 4.70. The molecular formula is C17H27BrN2O. The topological polar surface area (TPSA) is 24.5 Å². The first-order valence-electron chi connectivity index (χ1n) is 7.68. The molecule has 118 valence electrons. The van der Waals surface area contributed by atoms with Crippen LogP contribution >= 0.6 is 15.9 Å². The minimum absolute atomic E-state index is 0.286. The summed E-state index contributed by atoms with van der Waals surface area (Å²) >= 11 is 3.66. The van der Waals surface area contributed by atoms with Crippen molar-refractivity contribution in [2.24, 2.45) is 5.41 Å². The summed E-state index contributed by atoms with van der Waals surface area (Å²) < 4.78 is 6.51. The molecule has 2 rings (SSSR count). The van der Waals surface area contributed by atoms with Crippen LogP contribution in [0.25, 0.3) is 0 Å². The van der Waals surface area contributed by atoms with Gasteiger partial charge in [0.05, 0.1) is 7.11 Å². The fourth-order valence-electron chi connectivity index (χ4n) is 2.76. The highest BCUT2D eigenvalue weighted by Gasteiger charge is 2.28. The maximum absolute atomic E-state index is 5.35. The van der Waals surface area contributed by atoms with E-state index in [1.807, 2.05) is 6.07 Å². The molecule has 0 bridgehead atoms. The van der Waals surface area contributed by atoms with Gasteiger partial charge in [-0.2, -0.15) is 0 Å². The van der Waals surface area contributed by atoms with Gasteiger partial charge in [-0.3, -0.25) is 4.90 Å². The molecule has 0 aromatic heterocycles. The van der Waals surface area contributed by atoms with Gasteiger partial charge in [0.1, 0.15) is 5.75 Å². The molecule has 1 aliphatic heterocycles. The van der Waals surface area contributed by atoms with Gasteiger partial charge in [-0.1, -0.05) is 36.7 Å². The summed E-state index contributed by atoms with van der Waals surface area (Å²) in [4.78, 5) is 2.55. The molecule has 21 heavy (non-hydrogen) atoms. The van der Waals surface area contributed by atoms with E-state index in [0.29, 0.717) is 6.04 Å². The van der Waals surface area contributed by atoms with Gasteiger partial charge >= 0.3 is 0 Å². The minimum Gasteiger partial charge on any atom is -0.497 e. The van der Waals surface area contributed by atoms with Gasteiger partial charge in [-0.15, -0.1) is 0 Å². The number of nitrogens with one attached hydrogen (secondary N) is 1. The molecule has 0 radical (unpaired) electrons. The number of halogens is 1. The first kappa shape index (κ1) is 16.8. The zero-order valence-corrected chi connectivity index (χ0v) is 15.2. The average Bonchev–Trinajstić information content (AvgIpc) is 2.66. The van der Waals surface area contributed by atoms with Crippen LogP contribution in [-0.4, -0.2) is 37.7 Å². The summed E-state index contributed by atoms with van der Waals surface area (Å²) in [7, 11) is 1.72. The Kier molecular flexibility index (Phi) is 5.69. The van der Waals surface area contributed by atoms with Gasteiger partial charge in [0.15, 0.2) is 0 Å². The summed E-state index contributed by atoms with van der Waals surface area (Å²) in [6, 6.07) is 6.74. The van der Waals surface area contributed by atoms with E-state index in [0.717, 1.165) is 36.4 Å². The lowest BCUT2D eigenvalue weighted by Crippen LogP contribution is -2.46. The number of rotatable bonds is 3. The number of methoxy groups -OCH3 is 1. The highest BCUT2D eigenvalue weighted by atomic mass is 79.9. The first-order chi connectivity index (χ1) is 9.90. The van der Waals surface area contributed by atoms with Crippen LogP contribution in [-0.2, 0) is 6.54 Å². The van der Waals surface area contributed by atoms with E-state index in [2.05, 4.69) is 59.1 Å². The zero-order chi connectivity index (χ0) is 15.5. The summed E-state index contributed by atoms with van der Waals surface area (Å²) in [6.45, 7) is 11.3. The molecule has 1 fully saturated rings. The largest absolute Gasteiger partial charge is 0.497 e. The number of hydrogen-bond donors (Lipinski definition) is 1. The fraction of sp³-hybridized carbons (Fsp3) is 0.647. The van der Waals surface area contributed by atoms with Crippen molar-refractivity contribution in [3.05, 3.63) is 28.2 Å². The molecule has 0 saturated carbocycles. The molecule has 4 heteroatoms. The van der Waals surface area contributed by atoms with Gasteiger partial charge in [0.25, 0.3) is 0 Å². The molecule has 1 aromatic rings. The van der Waals surface area contributed by atoms with Crippen molar-refractivity contribution in [2.45, 2.75) is 39.8 Å². The first-order valence-corrected chi connectivity index (χ1v) is 8.47. The van der Waals surface area contributed by atoms with E-state index in [4.69, 9.17) is 4.74 Å². The maximum atomic E-state index is 5.35. The molecule has 1 aliphatic rings. The lowest BCUT2D eigenvalue weighted by atomic mass is 9.86. The molecule has 1 unspecified atom stereocenters. The Hall–Kier alpha value is -0.580. The van der Waals surface area contributed by atoms with Crippen LogP contribution < -0.4 is 10.1 Å². The van der Waals surface area contributed by atoms with Crippen LogP contribution in [0.1, 0.15) is 32.8 Å². The van der Waals surface area contributed by atoms with Crippen LogP contribution in [0.5, 0.6) is 5.75 Å². The third-order valence-electron chi connectivity index (χ3n) is 4.17. The molecule has 1 atom stereocenters. The van der Waals surface area contributed by atoms with E-state index in [1.165, 1.54) is 12.0 Å². The summed E-state index contributed by atoms with van der Waals surface area (Å²) in [5, 5.41) is 3.70.